The van der Waals surface area contributed by atoms with Gasteiger partial charge in [0.2, 0.25) is 0 Å². The summed E-state index contributed by atoms with van der Waals surface area (Å²) in [5.74, 6) is -0.731. The van der Waals surface area contributed by atoms with Crippen molar-refractivity contribution in [2.45, 2.75) is 26.3 Å². The summed E-state index contributed by atoms with van der Waals surface area (Å²) in [5.41, 5.74) is 3.60. The van der Waals surface area contributed by atoms with Gasteiger partial charge in [0.15, 0.2) is 0 Å². The third kappa shape index (κ3) is 3.31. The molecule has 0 radical (unpaired) electrons. The van der Waals surface area contributed by atoms with Gasteiger partial charge in [-0.3, -0.25) is 9.69 Å². The average Bonchev–Trinajstić information content (AvgIpc) is 2.88. The number of carbonyl (C=O) groups is 1. The van der Waals surface area contributed by atoms with E-state index in [4.69, 9.17) is 10.1 Å². The van der Waals surface area contributed by atoms with Gasteiger partial charge in [-0.2, -0.15) is 0 Å². The number of aromatic nitrogens is 1. The average molecular weight is 302 g/mol. The summed E-state index contributed by atoms with van der Waals surface area (Å²) in [5, 5.41) is 9.85. The quantitative estimate of drug-likeness (QED) is 0.943. The Balaban J connectivity index is 1.75. The van der Waals surface area contributed by atoms with E-state index in [2.05, 4.69) is 36.1 Å². The van der Waals surface area contributed by atoms with Crippen LogP contribution in [0.15, 0.2) is 24.3 Å². The lowest BCUT2D eigenvalue weighted by Gasteiger charge is -2.24. The minimum Gasteiger partial charge on any atom is -0.481 e. The van der Waals surface area contributed by atoms with Gasteiger partial charge in [-0.25, -0.2) is 4.98 Å². The van der Waals surface area contributed by atoms with Gasteiger partial charge in [-0.1, -0.05) is 29.8 Å². The molecular formula is C16H18N2O2S. The molecule has 0 amide bonds. The van der Waals surface area contributed by atoms with Gasteiger partial charge in [-0.05, 0) is 6.92 Å². The van der Waals surface area contributed by atoms with E-state index in [0.717, 1.165) is 30.1 Å². The molecule has 5 heteroatoms. The predicted molar refractivity (Wildman–Crippen MR) is 83.5 cm³/mol. The summed E-state index contributed by atoms with van der Waals surface area (Å²) < 4.78 is 0. The zero-order valence-electron chi connectivity index (χ0n) is 12.0. The van der Waals surface area contributed by atoms with Crippen molar-refractivity contribution in [2.75, 3.05) is 13.1 Å². The van der Waals surface area contributed by atoms with Crippen molar-refractivity contribution in [3.05, 3.63) is 40.4 Å². The summed E-state index contributed by atoms with van der Waals surface area (Å²) >= 11 is 1.73. The van der Waals surface area contributed by atoms with Crippen molar-refractivity contribution < 1.29 is 9.90 Å². The molecule has 1 aromatic heterocycles. The first-order valence-corrected chi connectivity index (χ1v) is 7.93. The second kappa shape index (κ2) is 5.95. The molecule has 4 nitrogen and oxygen atoms in total. The molecule has 3 rings (SSSR count). The minimum absolute atomic E-state index is 0.207. The van der Waals surface area contributed by atoms with E-state index in [1.807, 2.05) is 0 Å². The molecule has 110 valence electrons. The van der Waals surface area contributed by atoms with Crippen LogP contribution in [0, 0.1) is 6.92 Å². The van der Waals surface area contributed by atoms with E-state index in [9.17, 15) is 4.79 Å². The molecule has 1 aliphatic rings. The van der Waals surface area contributed by atoms with Crippen molar-refractivity contribution in [1.82, 2.24) is 9.88 Å². The van der Waals surface area contributed by atoms with Crippen LogP contribution in [0.25, 0.3) is 10.6 Å². The molecular weight excluding hydrogens is 284 g/mol. The first kappa shape index (κ1) is 14.2. The van der Waals surface area contributed by atoms with Crippen LogP contribution in [0.3, 0.4) is 0 Å². The van der Waals surface area contributed by atoms with Crippen LogP contribution >= 0.6 is 11.3 Å². The van der Waals surface area contributed by atoms with Gasteiger partial charge in [-0.15, -0.1) is 11.3 Å². The van der Waals surface area contributed by atoms with Crippen LogP contribution in [0.4, 0.5) is 0 Å². The van der Waals surface area contributed by atoms with E-state index >= 15 is 0 Å². The van der Waals surface area contributed by atoms with Crippen LogP contribution in [-0.2, 0) is 17.8 Å². The molecule has 2 heterocycles. The lowest BCUT2D eigenvalue weighted by atomic mass is 10.1. The summed E-state index contributed by atoms with van der Waals surface area (Å²) in [4.78, 5) is 18.9. The Morgan fingerprint density at radius 3 is 2.86 bits per heavy atom. The largest absolute Gasteiger partial charge is 0.481 e. The number of fused-ring (bicyclic) bond motifs is 1. The van der Waals surface area contributed by atoms with Crippen LogP contribution in [0.5, 0.6) is 0 Å². The molecule has 0 unspecified atom stereocenters. The highest BCUT2D eigenvalue weighted by Crippen LogP contribution is 2.31. The number of carboxylic acids is 1. The molecule has 0 saturated heterocycles. The molecule has 0 atom stereocenters. The Morgan fingerprint density at radius 2 is 2.14 bits per heavy atom. The fourth-order valence-electron chi connectivity index (χ4n) is 2.51. The molecule has 1 N–H and O–H groups in total. The zero-order chi connectivity index (χ0) is 14.8. The highest BCUT2D eigenvalue weighted by atomic mass is 32.1. The highest BCUT2D eigenvalue weighted by molar-refractivity contribution is 7.15. The number of rotatable bonds is 4. The number of aryl methyl sites for hydroxylation is 1. The van der Waals surface area contributed by atoms with E-state index in [1.165, 1.54) is 16.1 Å². The predicted octanol–water partition coefficient (Wildman–Crippen LogP) is 2.95. The van der Waals surface area contributed by atoms with E-state index in [-0.39, 0.29) is 6.42 Å². The summed E-state index contributed by atoms with van der Waals surface area (Å²) in [6.45, 7) is 4.42. The van der Waals surface area contributed by atoms with Crippen LogP contribution < -0.4 is 0 Å². The third-order valence-corrected chi connectivity index (χ3v) is 4.88. The number of carboxylic acid groups (broad SMARTS) is 1. The Hall–Kier alpha value is -1.72. The normalized spacial score (nSPS) is 14.9. The van der Waals surface area contributed by atoms with Gasteiger partial charge in [0.25, 0.3) is 0 Å². The molecule has 0 fully saturated rings. The number of hydrogen-bond acceptors (Lipinski definition) is 4. The second-order valence-corrected chi connectivity index (χ2v) is 6.51. The zero-order valence-corrected chi connectivity index (χ0v) is 12.8. The third-order valence-electron chi connectivity index (χ3n) is 3.75. The van der Waals surface area contributed by atoms with Gasteiger partial charge in [0.05, 0.1) is 12.1 Å². The van der Waals surface area contributed by atoms with Crippen molar-refractivity contribution >= 4 is 17.3 Å². The highest BCUT2D eigenvalue weighted by Gasteiger charge is 2.21. The van der Waals surface area contributed by atoms with E-state index in [0.29, 0.717) is 6.54 Å². The summed E-state index contributed by atoms with van der Waals surface area (Å²) in [6.07, 6.45) is 1.12. The first-order chi connectivity index (χ1) is 10.1. The van der Waals surface area contributed by atoms with Gasteiger partial charge in [0, 0.05) is 36.5 Å². The van der Waals surface area contributed by atoms with Crippen molar-refractivity contribution in [3.8, 4) is 10.6 Å². The Kier molecular flexibility index (Phi) is 4.03. The molecule has 0 saturated carbocycles. The van der Waals surface area contributed by atoms with Crippen LogP contribution in [-0.4, -0.2) is 34.0 Å². The standard InChI is InChI=1S/C16H18N2O2S/c1-11-2-4-12(5-3-11)16-17-13-6-8-18(9-7-15(19)20)10-14(13)21-16/h2-5H,6-10H2,1H3,(H,19,20). The molecule has 1 aromatic carbocycles. The minimum atomic E-state index is -0.731. The van der Waals surface area contributed by atoms with Crippen LogP contribution in [0.2, 0.25) is 0 Å². The lowest BCUT2D eigenvalue weighted by Crippen LogP contribution is -2.31. The second-order valence-electron chi connectivity index (χ2n) is 5.42. The fourth-order valence-corrected chi connectivity index (χ4v) is 3.67. The lowest BCUT2D eigenvalue weighted by molar-refractivity contribution is -0.137. The number of benzene rings is 1. The molecule has 0 aliphatic carbocycles. The summed E-state index contributed by atoms with van der Waals surface area (Å²) in [6, 6.07) is 8.44. The van der Waals surface area contributed by atoms with Gasteiger partial charge < -0.3 is 5.11 Å². The van der Waals surface area contributed by atoms with Crippen molar-refractivity contribution in [3.63, 3.8) is 0 Å². The fraction of sp³-hybridized carbons (Fsp3) is 0.375. The van der Waals surface area contributed by atoms with E-state index < -0.39 is 5.97 Å². The molecule has 2 aromatic rings. The van der Waals surface area contributed by atoms with E-state index in [1.54, 1.807) is 11.3 Å². The summed E-state index contributed by atoms with van der Waals surface area (Å²) in [7, 11) is 0. The molecule has 1 aliphatic heterocycles. The van der Waals surface area contributed by atoms with Gasteiger partial charge in [0.1, 0.15) is 5.01 Å². The maximum absolute atomic E-state index is 10.7. The first-order valence-electron chi connectivity index (χ1n) is 7.11. The Morgan fingerprint density at radius 1 is 1.38 bits per heavy atom. The Labute approximate surface area is 128 Å². The molecule has 21 heavy (non-hydrogen) atoms. The molecule has 0 spiro atoms. The van der Waals surface area contributed by atoms with Crippen molar-refractivity contribution in [1.29, 1.82) is 0 Å². The molecule has 0 bridgehead atoms. The number of hydrogen-bond donors (Lipinski definition) is 1. The SMILES string of the molecule is Cc1ccc(-c2nc3c(s2)CN(CCC(=O)O)CC3)cc1. The Bertz CT molecular complexity index is 649. The number of aliphatic carboxylic acids is 1. The smallest absolute Gasteiger partial charge is 0.304 e. The maximum atomic E-state index is 10.7. The van der Waals surface area contributed by atoms with Crippen LogP contribution in [0.1, 0.15) is 22.6 Å². The number of nitrogens with zero attached hydrogens (tertiary/aromatic N) is 2. The monoisotopic (exact) mass is 302 g/mol. The van der Waals surface area contributed by atoms with Crippen molar-refractivity contribution in [2.24, 2.45) is 0 Å². The maximum Gasteiger partial charge on any atom is 0.304 e. The van der Waals surface area contributed by atoms with Gasteiger partial charge >= 0.3 is 5.97 Å². The topological polar surface area (TPSA) is 53.4 Å². The number of thiazole rings is 1.